The third kappa shape index (κ3) is 3.62. The van der Waals surface area contributed by atoms with E-state index in [4.69, 9.17) is 14.0 Å². The van der Waals surface area contributed by atoms with Crippen LogP contribution in [0.2, 0.25) is 0 Å². The van der Waals surface area contributed by atoms with E-state index < -0.39 is 0 Å². The Morgan fingerprint density at radius 1 is 1.24 bits per heavy atom. The highest BCUT2D eigenvalue weighted by atomic mass is 16.5. The minimum Gasteiger partial charge on any atom is -0.497 e. The maximum absolute atomic E-state index is 5.39. The zero-order chi connectivity index (χ0) is 14.5. The standard InChI is InChI=1S/C16H20N2O3/c1-19-14-4-2-12(3-5-14)16-10-15(21-18-16)11-17-13-6-8-20-9-7-13/h2-5,10,13,17H,6-9,11H2,1H3. The largest absolute Gasteiger partial charge is 0.497 e. The lowest BCUT2D eigenvalue weighted by Crippen LogP contribution is -2.34. The lowest BCUT2D eigenvalue weighted by molar-refractivity contribution is 0.0769. The van der Waals surface area contributed by atoms with E-state index in [2.05, 4.69) is 10.5 Å². The summed E-state index contributed by atoms with van der Waals surface area (Å²) in [6.45, 7) is 2.38. The summed E-state index contributed by atoms with van der Waals surface area (Å²) in [5, 5.41) is 7.61. The number of nitrogens with one attached hydrogen (secondary N) is 1. The van der Waals surface area contributed by atoms with Crippen LogP contribution in [0.1, 0.15) is 18.6 Å². The van der Waals surface area contributed by atoms with Crippen molar-refractivity contribution in [3.63, 3.8) is 0 Å². The van der Waals surface area contributed by atoms with E-state index >= 15 is 0 Å². The summed E-state index contributed by atoms with van der Waals surface area (Å²) in [6.07, 6.45) is 2.11. The van der Waals surface area contributed by atoms with Crippen molar-refractivity contribution < 1.29 is 14.0 Å². The summed E-state index contributed by atoms with van der Waals surface area (Å²) in [7, 11) is 1.66. The molecule has 1 aromatic carbocycles. The summed E-state index contributed by atoms with van der Waals surface area (Å²) in [5.74, 6) is 1.69. The fourth-order valence-corrected chi connectivity index (χ4v) is 2.44. The van der Waals surface area contributed by atoms with Gasteiger partial charge in [0.1, 0.15) is 11.4 Å². The minimum atomic E-state index is 0.508. The normalized spacial score (nSPS) is 16.0. The van der Waals surface area contributed by atoms with Crippen molar-refractivity contribution in [3.8, 4) is 17.0 Å². The third-order valence-electron chi connectivity index (χ3n) is 3.73. The molecule has 1 aliphatic rings. The van der Waals surface area contributed by atoms with Gasteiger partial charge in [0.15, 0.2) is 5.76 Å². The molecule has 0 spiro atoms. The summed E-state index contributed by atoms with van der Waals surface area (Å²) in [5.41, 5.74) is 1.87. The number of nitrogens with zero attached hydrogens (tertiary/aromatic N) is 1. The minimum absolute atomic E-state index is 0.508. The van der Waals surface area contributed by atoms with Crippen molar-refractivity contribution in [1.29, 1.82) is 0 Å². The lowest BCUT2D eigenvalue weighted by atomic mass is 10.1. The first-order chi connectivity index (χ1) is 10.3. The molecule has 5 nitrogen and oxygen atoms in total. The number of benzene rings is 1. The Morgan fingerprint density at radius 3 is 2.71 bits per heavy atom. The first-order valence-electron chi connectivity index (χ1n) is 7.26. The van der Waals surface area contributed by atoms with Crippen molar-refractivity contribution in [3.05, 3.63) is 36.1 Å². The van der Waals surface area contributed by atoms with Crippen LogP contribution in [-0.2, 0) is 11.3 Å². The maximum Gasteiger partial charge on any atom is 0.151 e. The smallest absolute Gasteiger partial charge is 0.151 e. The van der Waals surface area contributed by atoms with Gasteiger partial charge in [-0.2, -0.15) is 0 Å². The molecule has 0 atom stereocenters. The van der Waals surface area contributed by atoms with Gasteiger partial charge in [-0.25, -0.2) is 0 Å². The maximum atomic E-state index is 5.39. The molecular formula is C16H20N2O3. The van der Waals surface area contributed by atoms with E-state index in [9.17, 15) is 0 Å². The molecule has 0 unspecified atom stereocenters. The van der Waals surface area contributed by atoms with Gasteiger partial charge in [-0.15, -0.1) is 0 Å². The van der Waals surface area contributed by atoms with Crippen LogP contribution >= 0.6 is 0 Å². The average Bonchev–Trinajstić information content (AvgIpc) is 3.03. The molecule has 0 saturated carbocycles. The second kappa shape index (κ2) is 6.74. The first kappa shape index (κ1) is 14.1. The van der Waals surface area contributed by atoms with Gasteiger partial charge in [0.2, 0.25) is 0 Å². The van der Waals surface area contributed by atoms with Crippen molar-refractivity contribution in [2.24, 2.45) is 0 Å². The van der Waals surface area contributed by atoms with Crippen molar-refractivity contribution in [2.75, 3.05) is 20.3 Å². The number of hydrogen-bond donors (Lipinski definition) is 1. The molecule has 0 aliphatic carbocycles. The van der Waals surface area contributed by atoms with Gasteiger partial charge in [-0.1, -0.05) is 5.16 Å². The number of rotatable bonds is 5. The van der Waals surface area contributed by atoms with E-state index in [0.717, 1.165) is 48.8 Å². The molecule has 0 radical (unpaired) electrons. The van der Waals surface area contributed by atoms with Gasteiger partial charge in [0, 0.05) is 30.9 Å². The van der Waals surface area contributed by atoms with Crippen LogP contribution in [0, 0.1) is 0 Å². The van der Waals surface area contributed by atoms with Gasteiger partial charge in [0.05, 0.1) is 13.7 Å². The number of ether oxygens (including phenoxy) is 2. The lowest BCUT2D eigenvalue weighted by Gasteiger charge is -2.22. The second-order valence-electron chi connectivity index (χ2n) is 5.17. The molecule has 1 saturated heterocycles. The Balaban J connectivity index is 1.59. The molecule has 1 fully saturated rings. The Morgan fingerprint density at radius 2 is 2.00 bits per heavy atom. The van der Waals surface area contributed by atoms with Crippen LogP contribution in [-0.4, -0.2) is 31.5 Å². The van der Waals surface area contributed by atoms with Gasteiger partial charge >= 0.3 is 0 Å². The van der Waals surface area contributed by atoms with Gasteiger partial charge < -0.3 is 19.3 Å². The zero-order valence-corrected chi connectivity index (χ0v) is 12.2. The molecule has 1 N–H and O–H groups in total. The average molecular weight is 288 g/mol. The summed E-state index contributed by atoms with van der Waals surface area (Å²) < 4.78 is 15.9. The Hall–Kier alpha value is -1.85. The summed E-state index contributed by atoms with van der Waals surface area (Å²) in [6, 6.07) is 10.3. The van der Waals surface area contributed by atoms with Crippen LogP contribution in [0.5, 0.6) is 5.75 Å². The highest BCUT2D eigenvalue weighted by Gasteiger charge is 2.14. The molecule has 2 aromatic rings. The molecule has 0 bridgehead atoms. The Labute approximate surface area is 124 Å². The highest BCUT2D eigenvalue weighted by Crippen LogP contribution is 2.22. The predicted molar refractivity (Wildman–Crippen MR) is 79.2 cm³/mol. The molecule has 3 rings (SSSR count). The van der Waals surface area contributed by atoms with Gasteiger partial charge in [-0.3, -0.25) is 0 Å². The molecule has 1 aromatic heterocycles. The van der Waals surface area contributed by atoms with Gasteiger partial charge in [0.25, 0.3) is 0 Å². The third-order valence-corrected chi connectivity index (χ3v) is 3.73. The summed E-state index contributed by atoms with van der Waals surface area (Å²) >= 11 is 0. The van der Waals surface area contributed by atoms with Crippen LogP contribution in [0.4, 0.5) is 0 Å². The number of aromatic nitrogens is 1. The molecule has 21 heavy (non-hydrogen) atoms. The predicted octanol–water partition coefficient (Wildman–Crippen LogP) is 2.62. The Kier molecular flexibility index (Phi) is 4.52. The van der Waals surface area contributed by atoms with Crippen LogP contribution in [0.3, 0.4) is 0 Å². The number of hydrogen-bond acceptors (Lipinski definition) is 5. The molecule has 5 heteroatoms. The van der Waals surface area contributed by atoms with Crippen LogP contribution in [0.25, 0.3) is 11.3 Å². The van der Waals surface area contributed by atoms with E-state index in [-0.39, 0.29) is 0 Å². The van der Waals surface area contributed by atoms with E-state index in [1.54, 1.807) is 7.11 Å². The SMILES string of the molecule is COc1ccc(-c2cc(CNC3CCOCC3)on2)cc1. The summed E-state index contributed by atoms with van der Waals surface area (Å²) in [4.78, 5) is 0. The molecule has 1 aliphatic heterocycles. The molecule has 0 amide bonds. The van der Waals surface area contributed by atoms with Crippen molar-refractivity contribution in [1.82, 2.24) is 10.5 Å². The van der Waals surface area contributed by atoms with Gasteiger partial charge in [-0.05, 0) is 37.1 Å². The Bertz CT molecular complexity index is 559. The quantitative estimate of drug-likeness (QED) is 0.916. The highest BCUT2D eigenvalue weighted by molar-refractivity contribution is 5.59. The molecule has 112 valence electrons. The van der Waals surface area contributed by atoms with Crippen LogP contribution in [0.15, 0.2) is 34.9 Å². The van der Waals surface area contributed by atoms with E-state index in [1.807, 2.05) is 30.3 Å². The van der Waals surface area contributed by atoms with E-state index in [1.165, 1.54) is 0 Å². The van der Waals surface area contributed by atoms with Crippen LogP contribution < -0.4 is 10.1 Å². The fraction of sp³-hybridized carbons (Fsp3) is 0.438. The zero-order valence-electron chi connectivity index (χ0n) is 12.2. The topological polar surface area (TPSA) is 56.5 Å². The first-order valence-corrected chi connectivity index (χ1v) is 7.26. The monoisotopic (exact) mass is 288 g/mol. The molecular weight excluding hydrogens is 268 g/mol. The van der Waals surface area contributed by atoms with E-state index in [0.29, 0.717) is 12.6 Å². The van der Waals surface area contributed by atoms with Crippen molar-refractivity contribution >= 4 is 0 Å². The molecule has 2 heterocycles. The number of methoxy groups -OCH3 is 1. The second-order valence-corrected chi connectivity index (χ2v) is 5.17. The fourth-order valence-electron chi connectivity index (χ4n) is 2.44. The van der Waals surface area contributed by atoms with Crippen molar-refractivity contribution in [2.45, 2.75) is 25.4 Å².